The second kappa shape index (κ2) is 13.8. The van der Waals surface area contributed by atoms with Crippen LogP contribution >= 0.6 is 0 Å². The molecule has 12 rings (SSSR count). The summed E-state index contributed by atoms with van der Waals surface area (Å²) in [5, 5.41) is 29.6. The quantitative estimate of drug-likeness (QED) is 0.153. The summed E-state index contributed by atoms with van der Waals surface area (Å²) in [5.41, 5.74) is 9.02. The van der Waals surface area contributed by atoms with Crippen molar-refractivity contribution in [3.63, 3.8) is 0 Å². The molecule has 8 aromatic carbocycles. The summed E-state index contributed by atoms with van der Waals surface area (Å²) >= 11 is 0. The minimum Gasteiger partial charge on any atom is -0.435 e. The molecule has 62 heavy (non-hydrogen) atoms. The molecule has 12 aromatic rings. The van der Waals surface area contributed by atoms with Gasteiger partial charge in [-0.2, -0.15) is 10.5 Å². The van der Waals surface area contributed by atoms with Crippen LogP contribution in [-0.4, -0.2) is 9.97 Å². The van der Waals surface area contributed by atoms with Gasteiger partial charge in [0, 0.05) is 56.1 Å². The van der Waals surface area contributed by atoms with E-state index in [0.29, 0.717) is 33.7 Å². The van der Waals surface area contributed by atoms with Crippen LogP contribution in [0.4, 0.5) is 34.1 Å². The highest BCUT2D eigenvalue weighted by Crippen LogP contribution is 2.50. The molecule has 0 unspecified atom stereocenters. The normalized spacial score (nSPS) is 11.5. The van der Waals surface area contributed by atoms with Crippen LogP contribution in [0.15, 0.2) is 191 Å². The Labute approximate surface area is 353 Å². The van der Waals surface area contributed by atoms with E-state index in [0.717, 1.165) is 88.0 Å². The fourth-order valence-electron chi connectivity index (χ4n) is 9.06. The third-order valence-electron chi connectivity index (χ3n) is 11.8. The van der Waals surface area contributed by atoms with Crippen molar-refractivity contribution in [3.8, 4) is 12.1 Å². The van der Waals surface area contributed by atoms with E-state index in [1.54, 1.807) is 12.4 Å². The molecule has 0 radical (unpaired) electrons. The standard InChI is InChI=1S/C54H30N6O2/c55-31-33-19-23-35(24-20-33)59(47-17-5-13-41-43-15-7-27-57-53(43)61-51(41)47)49-30-46-38-10-2-4-12-40(38)50(29-45(46)37-9-1-3-11-39(37)49)60(36-25-21-34(32-56)22-26-36)48-18-6-14-42-44-16-8-28-58-54(44)62-52(42)48/h1-30H. The highest BCUT2D eigenvalue weighted by Gasteiger charge is 2.26. The van der Waals surface area contributed by atoms with Crippen molar-refractivity contribution in [1.29, 1.82) is 10.5 Å². The van der Waals surface area contributed by atoms with Crippen LogP contribution in [0.2, 0.25) is 0 Å². The van der Waals surface area contributed by atoms with Gasteiger partial charge in [0.05, 0.1) is 46.0 Å². The molecule has 0 aliphatic carbocycles. The zero-order valence-electron chi connectivity index (χ0n) is 32.8. The second-order valence-corrected chi connectivity index (χ2v) is 15.2. The Hall–Kier alpha value is -8.98. The molecule has 0 spiro atoms. The van der Waals surface area contributed by atoms with Gasteiger partial charge in [0.1, 0.15) is 0 Å². The average molecular weight is 795 g/mol. The molecule has 0 aliphatic heterocycles. The summed E-state index contributed by atoms with van der Waals surface area (Å²) in [7, 11) is 0. The second-order valence-electron chi connectivity index (χ2n) is 15.2. The third-order valence-corrected chi connectivity index (χ3v) is 11.8. The third kappa shape index (κ3) is 5.31. The number of hydrogen-bond donors (Lipinski definition) is 0. The summed E-state index contributed by atoms with van der Waals surface area (Å²) in [4.78, 5) is 13.6. The maximum atomic E-state index is 9.79. The monoisotopic (exact) mass is 794 g/mol. The molecule has 0 saturated heterocycles. The molecular formula is C54H30N6O2. The molecule has 0 N–H and O–H groups in total. The van der Waals surface area contributed by atoms with Crippen LogP contribution in [0.1, 0.15) is 11.1 Å². The van der Waals surface area contributed by atoms with E-state index < -0.39 is 0 Å². The van der Waals surface area contributed by atoms with Crippen molar-refractivity contribution in [2.24, 2.45) is 0 Å². The minimum atomic E-state index is 0.568. The number of nitrogens with zero attached hydrogens (tertiary/aromatic N) is 6. The van der Waals surface area contributed by atoms with Gasteiger partial charge in [0.25, 0.3) is 0 Å². The van der Waals surface area contributed by atoms with Gasteiger partial charge in [-0.05, 0) is 119 Å². The van der Waals surface area contributed by atoms with Crippen LogP contribution in [0.5, 0.6) is 0 Å². The van der Waals surface area contributed by atoms with Gasteiger partial charge in [0.15, 0.2) is 11.2 Å². The predicted molar refractivity (Wildman–Crippen MR) is 248 cm³/mol. The lowest BCUT2D eigenvalue weighted by Crippen LogP contribution is -2.12. The number of pyridine rings is 2. The Balaban J connectivity index is 1.17. The number of aromatic nitrogens is 2. The average Bonchev–Trinajstić information content (AvgIpc) is 3.92. The Morgan fingerprint density at radius 2 is 0.742 bits per heavy atom. The van der Waals surface area contributed by atoms with Gasteiger partial charge < -0.3 is 18.6 Å². The van der Waals surface area contributed by atoms with Crippen molar-refractivity contribution in [1.82, 2.24) is 9.97 Å². The maximum Gasteiger partial charge on any atom is 0.227 e. The van der Waals surface area contributed by atoms with Crippen molar-refractivity contribution >= 4 is 111 Å². The van der Waals surface area contributed by atoms with E-state index in [2.05, 4.69) is 129 Å². The smallest absolute Gasteiger partial charge is 0.227 e. The van der Waals surface area contributed by atoms with Crippen LogP contribution in [-0.2, 0) is 0 Å². The Kier molecular flexibility index (Phi) is 7.80. The van der Waals surface area contributed by atoms with Crippen LogP contribution in [0.25, 0.3) is 76.5 Å². The van der Waals surface area contributed by atoms with Gasteiger partial charge in [-0.1, -0.05) is 72.8 Å². The highest BCUT2D eigenvalue weighted by atomic mass is 16.3. The first-order chi connectivity index (χ1) is 30.7. The molecule has 0 bridgehead atoms. The van der Waals surface area contributed by atoms with Crippen molar-refractivity contribution < 1.29 is 8.83 Å². The number of anilines is 6. The number of para-hydroxylation sites is 2. The van der Waals surface area contributed by atoms with Gasteiger partial charge >= 0.3 is 0 Å². The molecule has 0 saturated carbocycles. The lowest BCUT2D eigenvalue weighted by atomic mass is 9.93. The number of furan rings is 2. The van der Waals surface area contributed by atoms with Crippen LogP contribution in [0.3, 0.4) is 0 Å². The highest BCUT2D eigenvalue weighted by molar-refractivity contribution is 6.25. The van der Waals surface area contributed by atoms with Gasteiger partial charge in [-0.25, -0.2) is 9.97 Å². The molecule has 0 atom stereocenters. The summed E-state index contributed by atoms with van der Waals surface area (Å²) in [5.74, 6) is 0. The fourth-order valence-corrected chi connectivity index (χ4v) is 9.06. The predicted octanol–water partition coefficient (Wildman–Crippen LogP) is 14.4. The Bertz CT molecular complexity index is 3600. The van der Waals surface area contributed by atoms with E-state index >= 15 is 0 Å². The molecule has 0 amide bonds. The van der Waals surface area contributed by atoms with Gasteiger partial charge in [-0.3, -0.25) is 0 Å². The molecule has 0 aliphatic rings. The summed E-state index contributed by atoms with van der Waals surface area (Å²) in [6.07, 6.45) is 3.49. The Morgan fingerprint density at radius 3 is 1.16 bits per heavy atom. The molecular weight excluding hydrogens is 765 g/mol. The lowest BCUT2D eigenvalue weighted by Gasteiger charge is -2.29. The summed E-state index contributed by atoms with van der Waals surface area (Å²) < 4.78 is 13.1. The summed E-state index contributed by atoms with van der Waals surface area (Å²) in [6, 6.07) is 61.8. The molecule has 0 fully saturated rings. The van der Waals surface area contributed by atoms with E-state index in [-0.39, 0.29) is 0 Å². The molecule has 8 heteroatoms. The van der Waals surface area contributed by atoms with Gasteiger partial charge in [0.2, 0.25) is 11.4 Å². The van der Waals surface area contributed by atoms with Crippen LogP contribution in [0, 0.1) is 22.7 Å². The number of nitriles is 2. The Morgan fingerprint density at radius 1 is 0.355 bits per heavy atom. The molecule has 4 aromatic heterocycles. The number of rotatable bonds is 6. The maximum absolute atomic E-state index is 9.79. The number of benzene rings is 8. The zero-order valence-corrected chi connectivity index (χ0v) is 32.8. The van der Waals surface area contributed by atoms with E-state index in [1.807, 2.05) is 72.8 Å². The first kappa shape index (κ1) is 35.0. The number of hydrogen-bond acceptors (Lipinski definition) is 8. The first-order valence-corrected chi connectivity index (χ1v) is 20.2. The lowest BCUT2D eigenvalue weighted by molar-refractivity contribution is 0.654. The SMILES string of the molecule is N#Cc1ccc(N(c2cc3c4ccccc4c(N(c4ccc(C#N)cc4)c4cccc5c4oc4ncccc45)cc3c3ccccc23)c2cccc3c2oc2ncccc23)cc1. The number of fused-ring (bicyclic) bond motifs is 11. The fraction of sp³-hybridized carbons (Fsp3) is 0. The minimum absolute atomic E-state index is 0.568. The first-order valence-electron chi connectivity index (χ1n) is 20.2. The van der Waals surface area contributed by atoms with Gasteiger partial charge in [-0.15, -0.1) is 0 Å². The van der Waals surface area contributed by atoms with Crippen molar-refractivity contribution in [3.05, 3.63) is 193 Å². The zero-order chi connectivity index (χ0) is 41.3. The molecule has 8 nitrogen and oxygen atoms in total. The molecule has 288 valence electrons. The topological polar surface area (TPSA) is 106 Å². The molecule has 4 heterocycles. The van der Waals surface area contributed by atoms with E-state index in [4.69, 9.17) is 8.83 Å². The van der Waals surface area contributed by atoms with Crippen molar-refractivity contribution in [2.45, 2.75) is 0 Å². The summed E-state index contributed by atoms with van der Waals surface area (Å²) in [6.45, 7) is 0. The van der Waals surface area contributed by atoms with Crippen molar-refractivity contribution in [2.75, 3.05) is 9.80 Å². The van der Waals surface area contributed by atoms with Crippen LogP contribution < -0.4 is 9.80 Å². The van der Waals surface area contributed by atoms with E-state index in [1.165, 1.54) is 0 Å². The van der Waals surface area contributed by atoms with E-state index in [9.17, 15) is 10.5 Å². The largest absolute Gasteiger partial charge is 0.435 e.